The van der Waals surface area contributed by atoms with E-state index in [1.807, 2.05) is 0 Å². The number of rotatable bonds is 7. The summed E-state index contributed by atoms with van der Waals surface area (Å²) < 4.78 is 5.22. The Kier molecular flexibility index (Phi) is 4.90. The average Bonchev–Trinajstić information content (AvgIpc) is 2.38. The molecular formula is C13H18N2O5. The number of nitro benzene ring substituents is 1. The van der Waals surface area contributed by atoms with Crippen molar-refractivity contribution in [2.45, 2.75) is 32.7 Å². The van der Waals surface area contributed by atoms with Crippen molar-refractivity contribution in [3.63, 3.8) is 0 Å². The van der Waals surface area contributed by atoms with Gasteiger partial charge in [0.05, 0.1) is 11.5 Å². The van der Waals surface area contributed by atoms with E-state index in [1.165, 1.54) is 18.2 Å². The number of ether oxygens (including phenoxy) is 1. The first-order chi connectivity index (χ1) is 9.34. The van der Waals surface area contributed by atoms with E-state index >= 15 is 0 Å². The normalized spacial score (nSPS) is 13.3. The van der Waals surface area contributed by atoms with Crippen molar-refractivity contribution in [1.82, 2.24) is 0 Å². The second kappa shape index (κ2) is 6.23. The fraction of sp³-hybridized carbons (Fsp3) is 0.462. The van der Waals surface area contributed by atoms with Gasteiger partial charge in [-0.3, -0.25) is 10.1 Å². The van der Waals surface area contributed by atoms with Gasteiger partial charge in [0.1, 0.15) is 5.54 Å². The standard InChI is InChI=1S/C13H18N2O5/c1-4-13(3,12(16)17)14-9-6-7-10(15(18)19)11(8-9)20-5-2/h6-8,14H,4-5H2,1-3H3,(H,16,17). The third-order valence-electron chi connectivity index (χ3n) is 3.06. The van der Waals surface area contributed by atoms with E-state index in [4.69, 9.17) is 4.74 Å². The average molecular weight is 282 g/mol. The van der Waals surface area contributed by atoms with E-state index in [-0.39, 0.29) is 18.0 Å². The van der Waals surface area contributed by atoms with Crippen molar-refractivity contribution >= 4 is 17.3 Å². The summed E-state index contributed by atoms with van der Waals surface area (Å²) in [6.07, 6.45) is 0.364. The zero-order valence-electron chi connectivity index (χ0n) is 11.7. The van der Waals surface area contributed by atoms with Gasteiger partial charge in [-0.1, -0.05) is 6.92 Å². The van der Waals surface area contributed by atoms with E-state index in [0.717, 1.165) is 0 Å². The first-order valence-corrected chi connectivity index (χ1v) is 6.27. The summed E-state index contributed by atoms with van der Waals surface area (Å²) >= 11 is 0. The quantitative estimate of drug-likeness (QED) is 0.589. The summed E-state index contributed by atoms with van der Waals surface area (Å²) in [4.78, 5) is 21.6. The van der Waals surface area contributed by atoms with Crippen molar-refractivity contribution in [2.24, 2.45) is 0 Å². The molecule has 0 radical (unpaired) electrons. The van der Waals surface area contributed by atoms with E-state index in [9.17, 15) is 20.0 Å². The van der Waals surface area contributed by atoms with Gasteiger partial charge in [0.2, 0.25) is 0 Å². The molecule has 0 heterocycles. The van der Waals surface area contributed by atoms with Gasteiger partial charge in [-0.2, -0.15) is 0 Å². The number of aliphatic carboxylic acids is 1. The van der Waals surface area contributed by atoms with Crippen molar-refractivity contribution in [2.75, 3.05) is 11.9 Å². The number of anilines is 1. The third kappa shape index (κ3) is 3.37. The lowest BCUT2D eigenvalue weighted by atomic mass is 9.98. The lowest BCUT2D eigenvalue weighted by Gasteiger charge is -2.26. The number of carboxylic acids is 1. The zero-order valence-corrected chi connectivity index (χ0v) is 11.7. The molecule has 1 unspecified atom stereocenters. The predicted octanol–water partition coefficient (Wildman–Crippen LogP) is 2.66. The van der Waals surface area contributed by atoms with Crippen LogP contribution in [-0.4, -0.2) is 28.1 Å². The first-order valence-electron chi connectivity index (χ1n) is 6.27. The number of nitro groups is 1. The van der Waals surface area contributed by atoms with Crippen LogP contribution < -0.4 is 10.1 Å². The van der Waals surface area contributed by atoms with Crippen LogP contribution in [0, 0.1) is 10.1 Å². The second-order valence-electron chi connectivity index (χ2n) is 4.49. The van der Waals surface area contributed by atoms with E-state index < -0.39 is 16.4 Å². The van der Waals surface area contributed by atoms with Crippen molar-refractivity contribution in [3.05, 3.63) is 28.3 Å². The number of carboxylic acid groups (broad SMARTS) is 1. The third-order valence-corrected chi connectivity index (χ3v) is 3.06. The molecule has 0 aliphatic rings. The van der Waals surface area contributed by atoms with Crippen molar-refractivity contribution < 1.29 is 19.6 Å². The summed E-state index contributed by atoms with van der Waals surface area (Å²) in [6, 6.07) is 4.21. The highest BCUT2D eigenvalue weighted by Crippen LogP contribution is 2.31. The molecular weight excluding hydrogens is 264 g/mol. The molecule has 0 aliphatic heterocycles. The summed E-state index contributed by atoms with van der Waals surface area (Å²) in [6.45, 7) is 5.30. The van der Waals surface area contributed by atoms with Gasteiger partial charge in [-0.15, -0.1) is 0 Å². The van der Waals surface area contributed by atoms with Crippen LogP contribution >= 0.6 is 0 Å². The van der Waals surface area contributed by atoms with Gasteiger partial charge in [0.25, 0.3) is 0 Å². The maximum Gasteiger partial charge on any atom is 0.329 e. The number of hydrogen-bond donors (Lipinski definition) is 2. The van der Waals surface area contributed by atoms with Crippen LogP contribution in [-0.2, 0) is 4.79 Å². The maximum absolute atomic E-state index is 11.2. The smallest absolute Gasteiger partial charge is 0.329 e. The van der Waals surface area contributed by atoms with Crippen molar-refractivity contribution in [3.8, 4) is 5.75 Å². The van der Waals surface area contributed by atoms with Crippen molar-refractivity contribution in [1.29, 1.82) is 0 Å². The Balaban J connectivity index is 3.12. The Bertz CT molecular complexity index is 517. The molecule has 0 bridgehead atoms. The van der Waals surface area contributed by atoms with Crippen LogP contribution in [0.25, 0.3) is 0 Å². The fourth-order valence-electron chi connectivity index (χ4n) is 1.63. The molecule has 0 aliphatic carbocycles. The van der Waals surface area contributed by atoms with Gasteiger partial charge in [0.15, 0.2) is 5.75 Å². The molecule has 1 rings (SSSR count). The molecule has 0 spiro atoms. The van der Waals surface area contributed by atoms with E-state index in [0.29, 0.717) is 12.1 Å². The van der Waals surface area contributed by atoms with E-state index in [2.05, 4.69) is 5.32 Å². The molecule has 7 nitrogen and oxygen atoms in total. The Morgan fingerprint density at radius 2 is 2.15 bits per heavy atom. The van der Waals surface area contributed by atoms with Crippen LogP contribution in [0.15, 0.2) is 18.2 Å². The number of hydrogen-bond acceptors (Lipinski definition) is 5. The minimum atomic E-state index is -1.14. The Labute approximate surface area is 116 Å². The van der Waals surface area contributed by atoms with E-state index in [1.54, 1.807) is 20.8 Å². The summed E-state index contributed by atoms with van der Waals surface area (Å²) in [5.41, 5.74) is -0.823. The van der Waals surface area contributed by atoms with Gasteiger partial charge in [-0.25, -0.2) is 4.79 Å². The van der Waals surface area contributed by atoms with Crippen LogP contribution in [0.3, 0.4) is 0 Å². The first kappa shape index (κ1) is 15.7. The molecule has 110 valence electrons. The Morgan fingerprint density at radius 1 is 1.50 bits per heavy atom. The predicted molar refractivity (Wildman–Crippen MR) is 74.2 cm³/mol. The van der Waals surface area contributed by atoms with Crippen LogP contribution in [0.5, 0.6) is 5.75 Å². The van der Waals surface area contributed by atoms with Crippen LogP contribution in [0.1, 0.15) is 27.2 Å². The maximum atomic E-state index is 11.2. The lowest BCUT2D eigenvalue weighted by molar-refractivity contribution is -0.385. The molecule has 1 aromatic carbocycles. The summed E-state index contributed by atoms with van der Waals surface area (Å²) in [5.74, 6) is -0.873. The van der Waals surface area contributed by atoms with Gasteiger partial charge in [-0.05, 0) is 26.3 Å². The number of benzene rings is 1. The van der Waals surface area contributed by atoms with Crippen LogP contribution in [0.2, 0.25) is 0 Å². The molecule has 0 fully saturated rings. The minimum absolute atomic E-state index is 0.117. The highest BCUT2D eigenvalue weighted by Gasteiger charge is 2.31. The molecule has 2 N–H and O–H groups in total. The highest BCUT2D eigenvalue weighted by atomic mass is 16.6. The molecule has 0 amide bonds. The second-order valence-corrected chi connectivity index (χ2v) is 4.49. The fourth-order valence-corrected chi connectivity index (χ4v) is 1.63. The molecule has 1 aromatic rings. The molecule has 1 atom stereocenters. The molecule has 20 heavy (non-hydrogen) atoms. The minimum Gasteiger partial charge on any atom is -0.487 e. The van der Waals surface area contributed by atoms with Crippen LogP contribution in [0.4, 0.5) is 11.4 Å². The van der Waals surface area contributed by atoms with Gasteiger partial charge in [0, 0.05) is 17.8 Å². The monoisotopic (exact) mass is 282 g/mol. The topological polar surface area (TPSA) is 102 Å². The SMILES string of the molecule is CCOc1cc(NC(C)(CC)C(=O)O)ccc1[N+](=O)[O-]. The largest absolute Gasteiger partial charge is 0.487 e. The lowest BCUT2D eigenvalue weighted by Crippen LogP contribution is -2.42. The highest BCUT2D eigenvalue weighted by molar-refractivity contribution is 5.82. The number of carbonyl (C=O) groups is 1. The van der Waals surface area contributed by atoms with Gasteiger partial charge >= 0.3 is 11.7 Å². The Hall–Kier alpha value is -2.31. The molecule has 0 saturated heterocycles. The molecule has 0 aromatic heterocycles. The van der Waals surface area contributed by atoms with Gasteiger partial charge < -0.3 is 15.2 Å². The summed E-state index contributed by atoms with van der Waals surface area (Å²) in [7, 11) is 0. The molecule has 0 saturated carbocycles. The number of nitrogens with zero attached hydrogens (tertiary/aromatic N) is 1. The number of nitrogens with one attached hydrogen (secondary N) is 1. The zero-order chi connectivity index (χ0) is 15.3. The summed E-state index contributed by atoms with van der Waals surface area (Å²) in [5, 5.41) is 22.9. The molecule has 7 heteroatoms. The Morgan fingerprint density at radius 3 is 2.60 bits per heavy atom.